The highest BCUT2D eigenvalue weighted by Crippen LogP contribution is 2.25. The largest absolute Gasteiger partial charge is 0.339 e. The van der Waals surface area contributed by atoms with Gasteiger partial charge in [-0.1, -0.05) is 24.3 Å². The van der Waals surface area contributed by atoms with Gasteiger partial charge in [-0.15, -0.1) is 24.0 Å². The molecule has 4 heterocycles. The first-order valence-corrected chi connectivity index (χ1v) is 10.1. The second-order valence-electron chi connectivity index (χ2n) is 6.22. The Balaban J connectivity index is 0.000000257. The highest BCUT2D eigenvalue weighted by molar-refractivity contribution is 7.82. The molecule has 27 heavy (non-hydrogen) atoms. The third-order valence-corrected chi connectivity index (χ3v) is 5.52. The summed E-state index contributed by atoms with van der Waals surface area (Å²) in [7, 11) is 0. The number of hydrogen-bond acceptors (Lipinski definition) is 6. The molecule has 0 bridgehead atoms. The molecular weight excluding hydrogens is 372 g/mol. The van der Waals surface area contributed by atoms with E-state index in [-0.39, 0.29) is 0 Å². The first kappa shape index (κ1) is 18.0. The van der Waals surface area contributed by atoms with Crippen molar-refractivity contribution >= 4 is 46.4 Å². The van der Waals surface area contributed by atoms with Gasteiger partial charge in [-0.05, 0) is 48.2 Å². The lowest BCUT2D eigenvalue weighted by atomic mass is 10.0. The van der Waals surface area contributed by atoms with Crippen LogP contribution in [0.15, 0.2) is 70.5 Å². The molecular formula is C21H20N4S2. The number of fused-ring (bicyclic) bond motifs is 2. The molecule has 1 aliphatic rings. The summed E-state index contributed by atoms with van der Waals surface area (Å²) in [5, 5.41) is 9.95. The standard InChI is InChI=1S/C17H16N4.C4H4S2/c1-2-4-16-12(3-1)9-14(11-20-16)21-17-15-6-7-18-10-13(15)5-8-19-17;5-4-2-1-3-6-4/h1-5,8-9,11,18H,6-7,10H2,(H,19,21);1-3,5H. The van der Waals surface area contributed by atoms with Crippen molar-refractivity contribution in [2.75, 3.05) is 11.9 Å². The molecule has 1 aromatic carbocycles. The fraction of sp³-hybridized carbons (Fsp3) is 0.143. The maximum absolute atomic E-state index is 4.50. The Bertz CT molecular complexity index is 1030. The van der Waals surface area contributed by atoms with E-state index in [1.165, 1.54) is 11.1 Å². The third kappa shape index (κ3) is 4.47. The van der Waals surface area contributed by atoms with Gasteiger partial charge in [0.15, 0.2) is 0 Å². The molecule has 0 saturated heterocycles. The summed E-state index contributed by atoms with van der Waals surface area (Å²) < 4.78 is 1.08. The van der Waals surface area contributed by atoms with Crippen molar-refractivity contribution in [3.8, 4) is 0 Å². The fourth-order valence-corrected chi connectivity index (χ4v) is 3.79. The number of hydrogen-bond donors (Lipinski definition) is 3. The number of thiophene rings is 1. The Labute approximate surface area is 168 Å². The van der Waals surface area contributed by atoms with Gasteiger partial charge in [-0.2, -0.15) is 0 Å². The molecule has 6 heteroatoms. The maximum Gasteiger partial charge on any atom is 0.133 e. The van der Waals surface area contributed by atoms with Gasteiger partial charge < -0.3 is 10.6 Å². The summed E-state index contributed by atoms with van der Waals surface area (Å²) in [5.74, 6) is 0.950. The third-order valence-electron chi connectivity index (χ3n) is 4.38. The molecule has 1 aliphatic heterocycles. The Hall–Kier alpha value is -2.41. The fourth-order valence-electron chi connectivity index (χ4n) is 3.07. The second-order valence-corrected chi connectivity index (χ2v) is 7.95. The lowest BCUT2D eigenvalue weighted by Crippen LogP contribution is -2.24. The van der Waals surface area contributed by atoms with Gasteiger partial charge in [-0.25, -0.2) is 4.98 Å². The normalized spacial score (nSPS) is 12.8. The van der Waals surface area contributed by atoms with E-state index in [0.717, 1.165) is 46.1 Å². The van der Waals surface area contributed by atoms with Crippen molar-refractivity contribution < 1.29 is 0 Å². The van der Waals surface area contributed by atoms with Crippen LogP contribution in [-0.4, -0.2) is 16.5 Å². The Morgan fingerprint density at radius 3 is 2.81 bits per heavy atom. The van der Waals surface area contributed by atoms with E-state index in [0.29, 0.717) is 0 Å². The summed E-state index contributed by atoms with van der Waals surface area (Å²) in [6, 6.07) is 16.3. The summed E-state index contributed by atoms with van der Waals surface area (Å²) in [4.78, 5) is 8.99. The Kier molecular flexibility index (Phi) is 5.67. The molecule has 0 spiro atoms. The van der Waals surface area contributed by atoms with E-state index < -0.39 is 0 Å². The SMILES string of the molecule is Sc1cccs1.c1ccc2ncc(Nc3nccc4c3CCNC4)cc2c1. The van der Waals surface area contributed by atoms with Crippen molar-refractivity contribution in [2.24, 2.45) is 0 Å². The lowest BCUT2D eigenvalue weighted by molar-refractivity contribution is 0.642. The number of thiol groups is 1. The van der Waals surface area contributed by atoms with Crippen LogP contribution >= 0.6 is 24.0 Å². The number of nitrogens with zero attached hydrogens (tertiary/aromatic N) is 2. The molecule has 5 rings (SSSR count). The quantitative estimate of drug-likeness (QED) is 0.418. The highest BCUT2D eigenvalue weighted by Gasteiger charge is 2.13. The van der Waals surface area contributed by atoms with Crippen molar-refractivity contribution in [1.82, 2.24) is 15.3 Å². The molecule has 4 nitrogen and oxygen atoms in total. The van der Waals surface area contributed by atoms with E-state index in [9.17, 15) is 0 Å². The van der Waals surface area contributed by atoms with E-state index in [1.54, 1.807) is 11.3 Å². The number of para-hydroxylation sites is 1. The molecule has 0 saturated carbocycles. The number of nitrogens with one attached hydrogen (secondary N) is 2. The van der Waals surface area contributed by atoms with E-state index in [4.69, 9.17) is 0 Å². The van der Waals surface area contributed by atoms with Crippen LogP contribution in [0.25, 0.3) is 10.9 Å². The minimum Gasteiger partial charge on any atom is -0.339 e. The molecule has 3 aromatic heterocycles. The van der Waals surface area contributed by atoms with Crippen LogP contribution in [0, 0.1) is 0 Å². The summed E-state index contributed by atoms with van der Waals surface area (Å²) in [6.07, 6.45) is 4.74. The van der Waals surface area contributed by atoms with E-state index in [1.807, 2.05) is 48.1 Å². The van der Waals surface area contributed by atoms with Gasteiger partial charge in [0.2, 0.25) is 0 Å². The zero-order valence-corrected chi connectivity index (χ0v) is 16.4. The van der Waals surface area contributed by atoms with Crippen LogP contribution in [0.4, 0.5) is 11.5 Å². The zero-order valence-electron chi connectivity index (χ0n) is 14.7. The summed E-state index contributed by atoms with van der Waals surface area (Å²) >= 11 is 5.70. The molecule has 0 radical (unpaired) electrons. The van der Waals surface area contributed by atoms with Crippen LogP contribution in [0.1, 0.15) is 11.1 Å². The molecule has 2 N–H and O–H groups in total. The summed E-state index contributed by atoms with van der Waals surface area (Å²) in [5.41, 5.74) is 4.63. The van der Waals surface area contributed by atoms with Gasteiger partial charge in [0, 0.05) is 23.7 Å². The Morgan fingerprint density at radius 1 is 1.07 bits per heavy atom. The van der Waals surface area contributed by atoms with Gasteiger partial charge in [0.1, 0.15) is 5.82 Å². The van der Waals surface area contributed by atoms with Gasteiger partial charge in [-0.3, -0.25) is 4.98 Å². The van der Waals surface area contributed by atoms with Crippen LogP contribution < -0.4 is 10.6 Å². The van der Waals surface area contributed by atoms with Gasteiger partial charge in [0.25, 0.3) is 0 Å². The molecule has 0 amide bonds. The van der Waals surface area contributed by atoms with Crippen LogP contribution in [0.5, 0.6) is 0 Å². The predicted molar refractivity (Wildman–Crippen MR) is 116 cm³/mol. The minimum absolute atomic E-state index is 0.919. The van der Waals surface area contributed by atoms with Crippen molar-refractivity contribution in [2.45, 2.75) is 17.2 Å². The molecule has 0 aliphatic carbocycles. The van der Waals surface area contributed by atoms with E-state index >= 15 is 0 Å². The second kappa shape index (κ2) is 8.52. The van der Waals surface area contributed by atoms with Crippen molar-refractivity contribution in [1.29, 1.82) is 0 Å². The van der Waals surface area contributed by atoms with Crippen molar-refractivity contribution in [3.63, 3.8) is 0 Å². The van der Waals surface area contributed by atoms with Crippen LogP contribution in [-0.2, 0) is 13.0 Å². The molecule has 0 atom stereocenters. The topological polar surface area (TPSA) is 49.8 Å². The summed E-state index contributed by atoms with van der Waals surface area (Å²) in [6.45, 7) is 1.92. The zero-order chi connectivity index (χ0) is 18.5. The number of pyridine rings is 2. The molecule has 0 fully saturated rings. The van der Waals surface area contributed by atoms with Crippen LogP contribution in [0.2, 0.25) is 0 Å². The monoisotopic (exact) mass is 392 g/mol. The number of aromatic nitrogens is 2. The van der Waals surface area contributed by atoms with Gasteiger partial charge >= 0.3 is 0 Å². The average Bonchev–Trinajstić information content (AvgIpc) is 3.20. The predicted octanol–water partition coefficient (Wildman–Crippen LogP) is 5.06. The lowest BCUT2D eigenvalue weighted by Gasteiger charge is -2.20. The highest BCUT2D eigenvalue weighted by atomic mass is 32.2. The van der Waals surface area contributed by atoms with E-state index in [2.05, 4.69) is 51.4 Å². The first-order valence-electron chi connectivity index (χ1n) is 8.81. The number of rotatable bonds is 2. The molecule has 136 valence electrons. The van der Waals surface area contributed by atoms with Gasteiger partial charge in [0.05, 0.1) is 21.6 Å². The smallest absolute Gasteiger partial charge is 0.133 e. The minimum atomic E-state index is 0.919. The maximum atomic E-state index is 4.50. The number of anilines is 2. The van der Waals surface area contributed by atoms with Crippen LogP contribution in [0.3, 0.4) is 0 Å². The first-order chi connectivity index (χ1) is 13.3. The average molecular weight is 393 g/mol. The molecule has 4 aromatic rings. The number of benzene rings is 1. The molecule has 0 unspecified atom stereocenters. The van der Waals surface area contributed by atoms with Crippen molar-refractivity contribution in [3.05, 3.63) is 77.4 Å². The Morgan fingerprint density at radius 2 is 2.00 bits per heavy atom.